The van der Waals surface area contributed by atoms with Crippen LogP contribution >= 0.6 is 0 Å². The number of likely N-dealkylation sites (tertiary alicyclic amines) is 1. The van der Waals surface area contributed by atoms with E-state index in [9.17, 15) is 32.3 Å². The lowest BCUT2D eigenvalue weighted by atomic mass is 9.73. The first-order valence-corrected chi connectivity index (χ1v) is 31.6. The number of ether oxygens (including phenoxy) is 14. The minimum atomic E-state index is -4.63. The molecule has 2 aromatic heterocycles. The summed E-state index contributed by atoms with van der Waals surface area (Å²) < 4.78 is 119. The van der Waals surface area contributed by atoms with E-state index in [0.717, 1.165) is 30.7 Å². The van der Waals surface area contributed by atoms with Gasteiger partial charge in [-0.15, -0.1) is 0 Å². The number of aromatic nitrogens is 2. The first-order valence-electron chi connectivity index (χ1n) is 31.6. The van der Waals surface area contributed by atoms with Gasteiger partial charge in [-0.3, -0.25) is 29.1 Å². The van der Waals surface area contributed by atoms with E-state index < -0.39 is 29.1 Å². The molecule has 7 atom stereocenters. The predicted molar refractivity (Wildman–Crippen MR) is 319 cm³/mol. The number of hydrogen-bond donors (Lipinski definition) is 3. The van der Waals surface area contributed by atoms with E-state index in [4.69, 9.17) is 66.3 Å². The monoisotopic (exact) mass is 1290 g/mol. The number of fused-ring (bicyclic) bond motifs is 1. The number of nitrogens with one attached hydrogen (secondary N) is 3. The van der Waals surface area contributed by atoms with Gasteiger partial charge in [0.2, 0.25) is 23.6 Å². The van der Waals surface area contributed by atoms with E-state index in [0.29, 0.717) is 177 Å². The number of methoxy groups -OCH3 is 1. The second-order valence-electron chi connectivity index (χ2n) is 22.7. The van der Waals surface area contributed by atoms with Crippen LogP contribution in [0.25, 0.3) is 0 Å². The van der Waals surface area contributed by atoms with Gasteiger partial charge in [-0.2, -0.15) is 13.2 Å². The van der Waals surface area contributed by atoms with Gasteiger partial charge in [-0.05, 0) is 54.9 Å². The maximum absolute atomic E-state index is 14.6. The normalized spacial score (nSPS) is 22.0. The Morgan fingerprint density at radius 1 is 0.733 bits per heavy atom. The Kier molecular flexibility index (Phi) is 34.6. The molecular formula is C62H98F3N7O18. The molecule has 3 aliphatic heterocycles. The highest BCUT2D eigenvalue weighted by Crippen LogP contribution is 2.47. The largest absolute Gasteiger partial charge is 0.417 e. The zero-order chi connectivity index (χ0) is 64.2. The van der Waals surface area contributed by atoms with Crippen LogP contribution < -0.4 is 16.0 Å². The van der Waals surface area contributed by atoms with E-state index in [-0.39, 0.29) is 105 Å². The number of carbonyl (C=O) groups excluding carboxylic acids is 4. The zero-order valence-corrected chi connectivity index (χ0v) is 53.0. The second-order valence-corrected chi connectivity index (χ2v) is 22.7. The molecule has 4 aliphatic rings. The number of carbonyl (C=O) groups is 4. The van der Waals surface area contributed by atoms with Gasteiger partial charge in [0.25, 0.3) is 0 Å². The summed E-state index contributed by atoms with van der Waals surface area (Å²) in [5.41, 5.74) is -0.248. The van der Waals surface area contributed by atoms with E-state index >= 15 is 0 Å². The lowest BCUT2D eigenvalue weighted by Gasteiger charge is -2.42. The summed E-state index contributed by atoms with van der Waals surface area (Å²) >= 11 is 0. The maximum Gasteiger partial charge on any atom is 0.417 e. The molecule has 3 fully saturated rings. The van der Waals surface area contributed by atoms with Crippen LogP contribution in [0.3, 0.4) is 0 Å². The molecule has 0 radical (unpaired) electrons. The molecule has 2 aromatic rings. The molecule has 510 valence electrons. The highest BCUT2D eigenvalue weighted by atomic mass is 19.4. The third kappa shape index (κ3) is 25.7. The molecule has 0 unspecified atom stereocenters. The molecule has 0 aromatic carbocycles. The van der Waals surface area contributed by atoms with Crippen molar-refractivity contribution in [3.63, 3.8) is 0 Å². The van der Waals surface area contributed by atoms with Crippen molar-refractivity contribution in [2.24, 2.45) is 17.3 Å². The molecular weight excluding hydrogens is 1190 g/mol. The topological polar surface area (TPSA) is 266 Å². The standard InChI is InChI=1S/C62H98F3N7O18/c1-46(2)61(10-7-50(40-61)69-52-8-13-90-45-54(52)77-4)60(76)72-43-48-38-49(62(63,64)65)42-68-57(48)53(44-72)70-55(73)9-14-78-16-18-80-20-22-82-24-26-84-28-30-86-32-34-88-36-37-89-35-33-87-31-29-85-27-25-83-23-21-81-19-17-79-15-12-67-59(75)51-39-56(74)71(3)58(51)47-6-5-11-66-41-47/h5-6,11,38,41-42,46,50-54,58,69H,7-10,12-37,39-40,43-45H2,1-4H3,(H,67,75)(H,70,73)/t50-,51-,52-,53+,54+,58+,61-/m0/s1. The summed E-state index contributed by atoms with van der Waals surface area (Å²) in [6.07, 6.45) is 2.30. The Morgan fingerprint density at radius 2 is 1.26 bits per heavy atom. The van der Waals surface area contributed by atoms with Crippen LogP contribution in [0.5, 0.6) is 0 Å². The van der Waals surface area contributed by atoms with Crippen molar-refractivity contribution in [3.05, 3.63) is 59.2 Å². The first kappa shape index (κ1) is 74.4. The van der Waals surface area contributed by atoms with E-state index in [1.807, 2.05) is 19.9 Å². The van der Waals surface area contributed by atoms with Crippen LogP contribution in [-0.2, 0) is 98.2 Å². The molecule has 5 heterocycles. The van der Waals surface area contributed by atoms with Crippen molar-refractivity contribution in [1.29, 1.82) is 0 Å². The minimum absolute atomic E-state index is 0.0113. The van der Waals surface area contributed by atoms with Crippen molar-refractivity contribution < 1.29 is 98.7 Å². The molecule has 2 saturated heterocycles. The Morgan fingerprint density at radius 3 is 1.74 bits per heavy atom. The predicted octanol–water partition coefficient (Wildman–Crippen LogP) is 3.51. The third-order valence-electron chi connectivity index (χ3n) is 16.2. The van der Waals surface area contributed by atoms with Crippen LogP contribution in [0.2, 0.25) is 0 Å². The van der Waals surface area contributed by atoms with Crippen LogP contribution in [0, 0.1) is 17.3 Å². The number of amides is 4. The molecule has 25 nitrogen and oxygen atoms in total. The summed E-state index contributed by atoms with van der Waals surface area (Å²) in [5, 5.41) is 9.52. The molecule has 1 saturated carbocycles. The number of halogens is 3. The van der Waals surface area contributed by atoms with E-state index in [1.165, 1.54) is 0 Å². The van der Waals surface area contributed by atoms with Crippen LogP contribution in [0.1, 0.15) is 86.8 Å². The maximum atomic E-state index is 14.6. The van der Waals surface area contributed by atoms with E-state index in [1.54, 1.807) is 42.4 Å². The number of nitrogens with zero attached hydrogens (tertiary/aromatic N) is 4. The van der Waals surface area contributed by atoms with Gasteiger partial charge < -0.3 is 92.1 Å². The summed E-state index contributed by atoms with van der Waals surface area (Å²) in [6.45, 7) is 14.8. The average molecular weight is 1290 g/mol. The zero-order valence-electron chi connectivity index (χ0n) is 53.0. The lowest BCUT2D eigenvalue weighted by molar-refractivity contribution is -0.147. The van der Waals surface area contributed by atoms with Crippen molar-refractivity contribution in [3.8, 4) is 0 Å². The molecule has 0 spiro atoms. The van der Waals surface area contributed by atoms with Crippen molar-refractivity contribution in [2.75, 3.05) is 199 Å². The van der Waals surface area contributed by atoms with Gasteiger partial charge in [-0.25, -0.2) is 0 Å². The van der Waals surface area contributed by atoms with Gasteiger partial charge in [0, 0.05) is 83.9 Å². The van der Waals surface area contributed by atoms with Crippen molar-refractivity contribution in [2.45, 2.75) is 95.4 Å². The fourth-order valence-corrected chi connectivity index (χ4v) is 11.3. The summed E-state index contributed by atoms with van der Waals surface area (Å²) in [5.74, 6) is -1.29. The SMILES string of the molecule is CO[C@@H]1COCC[C@@H]1N[C@H]1CC[C@@](C(=O)N2Cc3cc(C(F)(F)F)cnc3[C@H](NC(=O)CCOCCOCCOCCOCCOCCOCCOCCOCCOCCOCCOCCOCCNC(=O)[C@H]3CC(=O)N(C)[C@@H]3c3cccnc3)C2)(C(C)C)C1. The highest BCUT2D eigenvalue weighted by Gasteiger charge is 2.51. The number of hydrogen-bond acceptors (Lipinski definition) is 21. The van der Waals surface area contributed by atoms with Crippen LogP contribution in [0.4, 0.5) is 13.2 Å². The molecule has 90 heavy (non-hydrogen) atoms. The molecule has 0 bridgehead atoms. The Balaban J connectivity index is 0.656. The molecule has 3 N–H and O–H groups in total. The van der Waals surface area contributed by atoms with Gasteiger partial charge in [0.1, 0.15) is 0 Å². The van der Waals surface area contributed by atoms with Crippen molar-refractivity contribution >= 4 is 23.6 Å². The molecule has 4 amide bonds. The average Bonchev–Trinajstić information content (AvgIpc) is 1.57. The fourth-order valence-electron chi connectivity index (χ4n) is 11.3. The summed E-state index contributed by atoms with van der Waals surface area (Å²) in [7, 11) is 3.37. The van der Waals surface area contributed by atoms with Crippen molar-refractivity contribution in [1.82, 2.24) is 35.7 Å². The number of alkyl halides is 3. The first-order chi connectivity index (χ1) is 43.7. The van der Waals surface area contributed by atoms with Gasteiger partial charge in [0.15, 0.2) is 0 Å². The number of pyridine rings is 2. The van der Waals surface area contributed by atoms with Gasteiger partial charge in [0.05, 0.1) is 206 Å². The highest BCUT2D eigenvalue weighted by molar-refractivity contribution is 5.90. The molecule has 28 heteroatoms. The smallest absolute Gasteiger partial charge is 0.379 e. The summed E-state index contributed by atoms with van der Waals surface area (Å²) in [4.78, 5) is 64.6. The molecule has 6 rings (SSSR count). The Bertz CT molecular complexity index is 2360. The number of rotatable bonds is 47. The second kappa shape index (κ2) is 41.9. The fraction of sp³-hybridized carbons (Fsp3) is 0.774. The minimum Gasteiger partial charge on any atom is -0.379 e. The Labute approximate surface area is 527 Å². The van der Waals surface area contributed by atoms with Gasteiger partial charge in [-0.1, -0.05) is 19.9 Å². The van der Waals surface area contributed by atoms with E-state index in [2.05, 4.69) is 25.9 Å². The van der Waals surface area contributed by atoms with Gasteiger partial charge >= 0.3 is 6.18 Å². The molecule has 1 aliphatic carbocycles. The lowest BCUT2D eigenvalue weighted by Crippen LogP contribution is -2.53. The van der Waals surface area contributed by atoms with Crippen LogP contribution in [-0.4, -0.2) is 261 Å². The quantitative estimate of drug-likeness (QED) is 0.0801. The summed E-state index contributed by atoms with van der Waals surface area (Å²) in [6, 6.07) is 3.71. The third-order valence-corrected chi connectivity index (χ3v) is 16.2. The van der Waals surface area contributed by atoms with Crippen LogP contribution in [0.15, 0.2) is 36.8 Å². The Hall–Kier alpha value is -4.63.